The molecule has 0 aromatic rings. The average Bonchev–Trinajstić information content (AvgIpc) is 2.17. The number of Topliss-reactive ketones (excluding diaryl/α,β-unsaturated/α-hetero) is 1. The lowest BCUT2D eigenvalue weighted by atomic mass is 9.82. The molecule has 1 saturated heterocycles. The molecule has 1 fully saturated rings. The van der Waals surface area contributed by atoms with Crippen molar-refractivity contribution >= 4 is 5.78 Å². The van der Waals surface area contributed by atoms with Crippen molar-refractivity contribution in [3.8, 4) is 0 Å². The van der Waals surface area contributed by atoms with Crippen molar-refractivity contribution in [3.63, 3.8) is 0 Å². The molecule has 2 nitrogen and oxygen atoms in total. The smallest absolute Gasteiger partial charge is 0.167 e. The molecule has 0 aromatic heterocycles. The zero-order chi connectivity index (χ0) is 9.90. The van der Waals surface area contributed by atoms with Crippen LogP contribution < -0.4 is 0 Å². The molecule has 0 aromatic carbocycles. The van der Waals surface area contributed by atoms with E-state index >= 15 is 0 Å². The summed E-state index contributed by atoms with van der Waals surface area (Å²) in [6, 6.07) is 0. The number of hydrogen-bond acceptors (Lipinski definition) is 2. The Balaban J connectivity index is 2.72. The first kappa shape index (κ1) is 10.7. The van der Waals surface area contributed by atoms with Gasteiger partial charge in [0.2, 0.25) is 0 Å². The fourth-order valence-electron chi connectivity index (χ4n) is 2.03. The third-order valence-corrected chi connectivity index (χ3v) is 2.90. The van der Waals surface area contributed by atoms with E-state index in [9.17, 15) is 4.79 Å². The first-order valence-electron chi connectivity index (χ1n) is 5.30. The SMILES string of the molecule is CCC1(C(=O)C(C)C)CCCCO1. The number of ketones is 1. The van der Waals surface area contributed by atoms with E-state index in [0.717, 1.165) is 32.3 Å². The Kier molecular flexibility index (Phi) is 3.48. The van der Waals surface area contributed by atoms with Crippen LogP contribution in [0.5, 0.6) is 0 Å². The normalized spacial score (nSPS) is 29.2. The summed E-state index contributed by atoms with van der Waals surface area (Å²) < 4.78 is 5.69. The monoisotopic (exact) mass is 184 g/mol. The number of rotatable bonds is 3. The van der Waals surface area contributed by atoms with Crippen LogP contribution in [-0.2, 0) is 9.53 Å². The first-order valence-corrected chi connectivity index (χ1v) is 5.30. The lowest BCUT2D eigenvalue weighted by Crippen LogP contribution is -2.45. The molecule has 76 valence electrons. The maximum atomic E-state index is 11.9. The topological polar surface area (TPSA) is 26.3 Å². The molecule has 1 aliphatic rings. The van der Waals surface area contributed by atoms with Gasteiger partial charge in [0.25, 0.3) is 0 Å². The van der Waals surface area contributed by atoms with Crippen LogP contribution in [-0.4, -0.2) is 18.0 Å². The van der Waals surface area contributed by atoms with Gasteiger partial charge in [-0.05, 0) is 25.7 Å². The van der Waals surface area contributed by atoms with Gasteiger partial charge in [-0.3, -0.25) is 4.79 Å². The van der Waals surface area contributed by atoms with Crippen LogP contribution in [0.25, 0.3) is 0 Å². The minimum absolute atomic E-state index is 0.0954. The van der Waals surface area contributed by atoms with Crippen molar-refractivity contribution < 1.29 is 9.53 Å². The second kappa shape index (κ2) is 4.23. The van der Waals surface area contributed by atoms with Crippen molar-refractivity contribution in [1.29, 1.82) is 0 Å². The molecule has 0 amide bonds. The molecule has 1 rings (SSSR count). The maximum Gasteiger partial charge on any atom is 0.167 e. The van der Waals surface area contributed by atoms with E-state index in [1.807, 2.05) is 20.8 Å². The summed E-state index contributed by atoms with van der Waals surface area (Å²) in [6.07, 6.45) is 3.98. The van der Waals surface area contributed by atoms with Crippen LogP contribution in [0.2, 0.25) is 0 Å². The van der Waals surface area contributed by atoms with Crippen LogP contribution in [0.1, 0.15) is 46.5 Å². The number of carbonyl (C=O) groups is 1. The summed E-state index contributed by atoms with van der Waals surface area (Å²) in [5, 5.41) is 0. The molecule has 1 unspecified atom stereocenters. The molecule has 1 atom stereocenters. The van der Waals surface area contributed by atoms with Crippen molar-refractivity contribution in [3.05, 3.63) is 0 Å². The summed E-state index contributed by atoms with van der Waals surface area (Å²) in [5.41, 5.74) is -0.438. The Bertz CT molecular complexity index is 179. The largest absolute Gasteiger partial charge is 0.367 e. The van der Waals surface area contributed by atoms with Gasteiger partial charge in [-0.25, -0.2) is 0 Å². The zero-order valence-electron chi connectivity index (χ0n) is 8.93. The summed E-state index contributed by atoms with van der Waals surface area (Å²) in [6.45, 7) is 6.72. The molecule has 0 bridgehead atoms. The van der Waals surface area contributed by atoms with Gasteiger partial charge in [-0.1, -0.05) is 20.8 Å². The molecule has 0 aliphatic carbocycles. The highest BCUT2D eigenvalue weighted by Crippen LogP contribution is 2.31. The van der Waals surface area contributed by atoms with Crippen LogP contribution in [0, 0.1) is 5.92 Å². The van der Waals surface area contributed by atoms with Gasteiger partial charge in [0.15, 0.2) is 5.78 Å². The van der Waals surface area contributed by atoms with Crippen LogP contribution in [0.3, 0.4) is 0 Å². The molecule has 0 saturated carbocycles. The lowest BCUT2D eigenvalue weighted by Gasteiger charge is -2.36. The highest BCUT2D eigenvalue weighted by atomic mass is 16.5. The summed E-state index contributed by atoms with van der Waals surface area (Å²) in [5.74, 6) is 0.382. The molecule has 1 heterocycles. The number of carbonyl (C=O) groups excluding carboxylic acids is 1. The summed E-state index contributed by atoms with van der Waals surface area (Å²) >= 11 is 0. The standard InChI is InChI=1S/C11H20O2/c1-4-11(10(12)9(2)3)7-5-6-8-13-11/h9H,4-8H2,1-3H3. The minimum atomic E-state index is -0.438. The lowest BCUT2D eigenvalue weighted by molar-refractivity contribution is -0.155. The van der Waals surface area contributed by atoms with E-state index in [-0.39, 0.29) is 11.7 Å². The van der Waals surface area contributed by atoms with E-state index < -0.39 is 5.60 Å². The first-order chi connectivity index (χ1) is 6.12. The van der Waals surface area contributed by atoms with Crippen molar-refractivity contribution in [2.75, 3.05) is 6.61 Å². The van der Waals surface area contributed by atoms with Gasteiger partial charge >= 0.3 is 0 Å². The van der Waals surface area contributed by atoms with E-state index in [4.69, 9.17) is 4.74 Å². The number of ether oxygens (including phenoxy) is 1. The summed E-state index contributed by atoms with van der Waals surface area (Å²) in [7, 11) is 0. The molecule has 0 spiro atoms. The summed E-state index contributed by atoms with van der Waals surface area (Å²) in [4.78, 5) is 11.9. The predicted octanol–water partition coefficient (Wildman–Crippen LogP) is 2.56. The van der Waals surface area contributed by atoms with Gasteiger partial charge in [0, 0.05) is 12.5 Å². The van der Waals surface area contributed by atoms with E-state index in [1.54, 1.807) is 0 Å². The quantitative estimate of drug-likeness (QED) is 0.673. The van der Waals surface area contributed by atoms with Crippen LogP contribution in [0.15, 0.2) is 0 Å². The zero-order valence-corrected chi connectivity index (χ0v) is 8.93. The Morgan fingerprint density at radius 3 is 2.54 bits per heavy atom. The number of hydrogen-bond donors (Lipinski definition) is 0. The third kappa shape index (κ3) is 2.11. The third-order valence-electron chi connectivity index (χ3n) is 2.90. The Labute approximate surface area is 80.7 Å². The minimum Gasteiger partial charge on any atom is -0.367 e. The molecule has 0 radical (unpaired) electrons. The fraction of sp³-hybridized carbons (Fsp3) is 0.909. The highest BCUT2D eigenvalue weighted by Gasteiger charge is 2.39. The van der Waals surface area contributed by atoms with Gasteiger partial charge in [0.1, 0.15) is 5.60 Å². The molecular weight excluding hydrogens is 164 g/mol. The second-order valence-corrected chi connectivity index (χ2v) is 4.17. The highest BCUT2D eigenvalue weighted by molar-refractivity contribution is 5.88. The fourth-order valence-corrected chi connectivity index (χ4v) is 2.03. The molecule has 1 aliphatic heterocycles. The van der Waals surface area contributed by atoms with Crippen molar-refractivity contribution in [2.24, 2.45) is 5.92 Å². The van der Waals surface area contributed by atoms with E-state index in [0.29, 0.717) is 0 Å². The van der Waals surface area contributed by atoms with Crippen LogP contribution >= 0.6 is 0 Å². The molecule has 2 heteroatoms. The van der Waals surface area contributed by atoms with Crippen LogP contribution in [0.4, 0.5) is 0 Å². The molecule has 0 N–H and O–H groups in total. The Hall–Kier alpha value is -0.370. The predicted molar refractivity (Wildman–Crippen MR) is 52.7 cm³/mol. The molecule has 13 heavy (non-hydrogen) atoms. The van der Waals surface area contributed by atoms with Gasteiger partial charge in [-0.2, -0.15) is 0 Å². The van der Waals surface area contributed by atoms with Gasteiger partial charge < -0.3 is 4.74 Å². The average molecular weight is 184 g/mol. The van der Waals surface area contributed by atoms with Gasteiger partial charge in [-0.15, -0.1) is 0 Å². The Morgan fingerprint density at radius 1 is 1.46 bits per heavy atom. The van der Waals surface area contributed by atoms with Gasteiger partial charge in [0.05, 0.1) is 0 Å². The van der Waals surface area contributed by atoms with E-state index in [1.165, 1.54) is 0 Å². The second-order valence-electron chi connectivity index (χ2n) is 4.17. The van der Waals surface area contributed by atoms with Crippen molar-refractivity contribution in [2.45, 2.75) is 52.1 Å². The van der Waals surface area contributed by atoms with Crippen molar-refractivity contribution in [1.82, 2.24) is 0 Å². The molecular formula is C11H20O2. The maximum absolute atomic E-state index is 11.9. The Morgan fingerprint density at radius 2 is 2.15 bits per heavy atom. The van der Waals surface area contributed by atoms with E-state index in [2.05, 4.69) is 0 Å².